The van der Waals surface area contributed by atoms with Crippen molar-refractivity contribution in [1.29, 1.82) is 5.26 Å². The van der Waals surface area contributed by atoms with E-state index >= 15 is 0 Å². The van der Waals surface area contributed by atoms with E-state index in [2.05, 4.69) is 20.9 Å². The monoisotopic (exact) mass is 535 g/mol. The Bertz CT molecular complexity index is 1290. The van der Waals surface area contributed by atoms with Crippen LogP contribution in [0, 0.1) is 23.1 Å². The molecule has 37 heavy (non-hydrogen) atoms. The third-order valence-electron chi connectivity index (χ3n) is 6.77. The SMILES string of the molecule is COc1c(Cl)cc(F)c2[nH]c(C(=O)N[C@@H](CC(C)(C)F)C(=O)N[C@H](C#N)C[C@@H]3CC4(CC4)NC3=O)cc12. The summed E-state index contributed by atoms with van der Waals surface area (Å²) in [4.78, 5) is 41.0. The molecule has 0 unspecified atom stereocenters. The first-order valence-corrected chi connectivity index (χ1v) is 12.3. The molecule has 3 atom stereocenters. The number of carbonyl (C=O) groups excluding carboxylic acids is 3. The number of methoxy groups -OCH3 is 1. The van der Waals surface area contributed by atoms with Crippen LogP contribution in [-0.4, -0.2) is 53.1 Å². The Kier molecular flexibility index (Phi) is 7.08. The van der Waals surface area contributed by atoms with Gasteiger partial charge in [-0.05, 0) is 51.7 Å². The van der Waals surface area contributed by atoms with Gasteiger partial charge in [-0.3, -0.25) is 14.4 Å². The molecular formula is C25H28ClF2N5O4. The molecule has 1 saturated heterocycles. The third-order valence-corrected chi connectivity index (χ3v) is 7.05. The molecule has 1 aliphatic carbocycles. The van der Waals surface area contributed by atoms with Gasteiger partial charge in [-0.15, -0.1) is 0 Å². The van der Waals surface area contributed by atoms with E-state index in [-0.39, 0.29) is 51.7 Å². The van der Waals surface area contributed by atoms with E-state index in [1.54, 1.807) is 0 Å². The van der Waals surface area contributed by atoms with Crippen LogP contribution in [0.3, 0.4) is 0 Å². The fraction of sp³-hybridized carbons (Fsp3) is 0.520. The summed E-state index contributed by atoms with van der Waals surface area (Å²) in [7, 11) is 1.35. The fourth-order valence-corrected chi connectivity index (χ4v) is 5.08. The van der Waals surface area contributed by atoms with Gasteiger partial charge in [0.05, 0.1) is 23.7 Å². The van der Waals surface area contributed by atoms with Crippen LogP contribution in [0.15, 0.2) is 12.1 Å². The second kappa shape index (κ2) is 9.82. The number of H-pyrrole nitrogens is 1. The maximum Gasteiger partial charge on any atom is 0.268 e. The number of carbonyl (C=O) groups is 3. The number of benzene rings is 1. The molecule has 1 saturated carbocycles. The predicted molar refractivity (Wildman–Crippen MR) is 131 cm³/mol. The van der Waals surface area contributed by atoms with E-state index in [0.717, 1.165) is 18.9 Å². The molecule has 0 bridgehead atoms. The Morgan fingerprint density at radius 2 is 2.05 bits per heavy atom. The first kappa shape index (κ1) is 26.7. The van der Waals surface area contributed by atoms with Crippen LogP contribution >= 0.6 is 11.6 Å². The summed E-state index contributed by atoms with van der Waals surface area (Å²) >= 11 is 6.02. The van der Waals surface area contributed by atoms with Gasteiger partial charge < -0.3 is 25.7 Å². The number of rotatable bonds is 9. The third kappa shape index (κ3) is 5.80. The van der Waals surface area contributed by atoms with Crippen molar-refractivity contribution in [3.8, 4) is 11.8 Å². The number of amides is 3. The molecule has 2 fully saturated rings. The molecule has 12 heteroatoms. The summed E-state index contributed by atoms with van der Waals surface area (Å²) in [6, 6.07) is 1.98. The Morgan fingerprint density at radius 1 is 1.35 bits per heavy atom. The predicted octanol–water partition coefficient (Wildman–Crippen LogP) is 3.27. The van der Waals surface area contributed by atoms with Gasteiger partial charge in [0.25, 0.3) is 5.91 Å². The van der Waals surface area contributed by atoms with Crippen molar-refractivity contribution in [3.05, 3.63) is 28.7 Å². The number of hydrogen-bond acceptors (Lipinski definition) is 5. The van der Waals surface area contributed by atoms with Gasteiger partial charge >= 0.3 is 0 Å². The highest BCUT2D eigenvalue weighted by Gasteiger charge is 2.52. The van der Waals surface area contributed by atoms with E-state index in [0.29, 0.717) is 6.42 Å². The first-order chi connectivity index (χ1) is 17.3. The molecule has 198 valence electrons. The van der Waals surface area contributed by atoms with Crippen LogP contribution in [0.5, 0.6) is 5.75 Å². The summed E-state index contributed by atoms with van der Waals surface area (Å²) in [5.41, 5.74) is -2.14. The van der Waals surface area contributed by atoms with Crippen LogP contribution in [0.25, 0.3) is 10.9 Å². The maximum atomic E-state index is 14.6. The highest BCUT2D eigenvalue weighted by atomic mass is 35.5. The van der Waals surface area contributed by atoms with Crippen LogP contribution < -0.4 is 20.7 Å². The summed E-state index contributed by atoms with van der Waals surface area (Å²) < 4.78 is 34.2. The molecule has 4 N–H and O–H groups in total. The zero-order valence-electron chi connectivity index (χ0n) is 20.6. The Balaban J connectivity index is 1.50. The minimum atomic E-state index is -1.84. The molecule has 3 amide bonds. The summed E-state index contributed by atoms with van der Waals surface area (Å²) in [6.07, 6.45) is 2.11. The number of nitriles is 1. The normalized spacial score (nSPS) is 19.7. The van der Waals surface area contributed by atoms with Crippen LogP contribution in [0.1, 0.15) is 56.4 Å². The van der Waals surface area contributed by atoms with E-state index in [1.165, 1.54) is 27.0 Å². The van der Waals surface area contributed by atoms with E-state index in [1.807, 2.05) is 6.07 Å². The summed E-state index contributed by atoms with van der Waals surface area (Å²) in [6.45, 7) is 2.51. The lowest BCUT2D eigenvalue weighted by Gasteiger charge is -2.25. The Labute approximate surface area is 217 Å². The number of fused-ring (bicyclic) bond motifs is 1. The van der Waals surface area contributed by atoms with Crippen LogP contribution in [-0.2, 0) is 9.59 Å². The number of ether oxygens (including phenoxy) is 1. The van der Waals surface area contributed by atoms with Gasteiger partial charge in [0.1, 0.15) is 35.0 Å². The summed E-state index contributed by atoms with van der Waals surface area (Å²) in [5, 5.41) is 17.8. The highest BCUT2D eigenvalue weighted by molar-refractivity contribution is 6.33. The van der Waals surface area contributed by atoms with Crippen molar-refractivity contribution in [2.75, 3.05) is 7.11 Å². The Hall–Kier alpha value is -3.39. The Morgan fingerprint density at radius 3 is 2.62 bits per heavy atom. The lowest BCUT2D eigenvalue weighted by molar-refractivity contribution is -0.125. The molecule has 2 aliphatic rings. The number of nitrogens with zero attached hydrogens (tertiary/aromatic N) is 1. The van der Waals surface area contributed by atoms with Crippen LogP contribution in [0.2, 0.25) is 5.02 Å². The zero-order chi connectivity index (χ0) is 27.1. The van der Waals surface area contributed by atoms with Gasteiger partial charge in [-0.2, -0.15) is 5.26 Å². The van der Waals surface area contributed by atoms with E-state index in [9.17, 15) is 28.4 Å². The number of hydrogen-bond donors (Lipinski definition) is 4. The van der Waals surface area contributed by atoms with Gasteiger partial charge in [0, 0.05) is 23.3 Å². The molecule has 1 aromatic carbocycles. The topological polar surface area (TPSA) is 136 Å². The molecular weight excluding hydrogens is 508 g/mol. The number of aromatic amines is 1. The van der Waals surface area contributed by atoms with Crippen LogP contribution in [0.4, 0.5) is 8.78 Å². The standard InChI is InChI=1S/C25H28ClF2N5O4/c1-24(2,28)10-18(23(36)30-13(11-29)6-12-9-25(4-5-25)33-21(12)34)32-22(35)17-7-14-19(31-17)16(27)8-15(26)20(14)37-3/h7-8,12-13,18,31H,4-6,9-10H2,1-3H3,(H,30,36)(H,32,35)(H,33,34)/t12-,13+,18+/m1/s1. The molecule has 1 aliphatic heterocycles. The first-order valence-electron chi connectivity index (χ1n) is 11.9. The quantitative estimate of drug-likeness (QED) is 0.391. The number of aromatic nitrogens is 1. The zero-order valence-corrected chi connectivity index (χ0v) is 21.4. The second-order valence-corrected chi connectivity index (χ2v) is 10.8. The smallest absolute Gasteiger partial charge is 0.268 e. The summed E-state index contributed by atoms with van der Waals surface area (Å²) in [5.74, 6) is -2.68. The minimum absolute atomic E-state index is 0.0148. The van der Waals surface area contributed by atoms with Gasteiger partial charge in [-0.25, -0.2) is 8.78 Å². The number of alkyl halides is 1. The second-order valence-electron chi connectivity index (χ2n) is 10.4. The largest absolute Gasteiger partial charge is 0.494 e. The van der Waals surface area contributed by atoms with Crippen molar-refractivity contribution in [2.24, 2.45) is 5.92 Å². The highest BCUT2D eigenvalue weighted by Crippen LogP contribution is 2.46. The molecule has 1 aromatic heterocycles. The molecule has 9 nitrogen and oxygen atoms in total. The average molecular weight is 536 g/mol. The molecule has 0 radical (unpaired) electrons. The van der Waals surface area contributed by atoms with Crippen molar-refractivity contribution in [2.45, 2.75) is 69.2 Å². The lowest BCUT2D eigenvalue weighted by atomic mass is 9.95. The lowest BCUT2D eigenvalue weighted by Crippen LogP contribution is -2.51. The molecule has 1 spiro atoms. The van der Waals surface area contributed by atoms with Gasteiger partial charge in [0.15, 0.2) is 0 Å². The maximum absolute atomic E-state index is 14.6. The van der Waals surface area contributed by atoms with Gasteiger partial charge in [0.2, 0.25) is 11.8 Å². The van der Waals surface area contributed by atoms with E-state index in [4.69, 9.17) is 16.3 Å². The van der Waals surface area contributed by atoms with Crippen molar-refractivity contribution in [3.63, 3.8) is 0 Å². The molecule has 4 rings (SSSR count). The van der Waals surface area contributed by atoms with Crippen molar-refractivity contribution >= 4 is 40.2 Å². The molecule has 2 heterocycles. The average Bonchev–Trinajstić information content (AvgIpc) is 3.27. The number of halogens is 3. The van der Waals surface area contributed by atoms with Crippen molar-refractivity contribution < 1.29 is 27.9 Å². The van der Waals surface area contributed by atoms with Gasteiger partial charge in [-0.1, -0.05) is 11.6 Å². The van der Waals surface area contributed by atoms with E-state index < -0.39 is 41.3 Å². The minimum Gasteiger partial charge on any atom is -0.494 e. The molecule has 2 aromatic rings. The van der Waals surface area contributed by atoms with Crippen molar-refractivity contribution in [1.82, 2.24) is 20.9 Å². The fourth-order valence-electron chi connectivity index (χ4n) is 4.81. The number of nitrogens with one attached hydrogen (secondary N) is 4.